The van der Waals surface area contributed by atoms with Gasteiger partial charge in [-0.25, -0.2) is 0 Å². The lowest BCUT2D eigenvalue weighted by Gasteiger charge is -2.64. The van der Waals surface area contributed by atoms with Crippen LogP contribution in [0.3, 0.4) is 0 Å². The van der Waals surface area contributed by atoms with Crippen LogP contribution in [0.15, 0.2) is 4.99 Å². The smallest absolute Gasteiger partial charge is 0.404 e. The summed E-state index contributed by atoms with van der Waals surface area (Å²) >= 11 is 0. The van der Waals surface area contributed by atoms with Gasteiger partial charge in [0.15, 0.2) is 5.96 Å². The van der Waals surface area contributed by atoms with E-state index in [4.69, 9.17) is 15.0 Å². The molecule has 5 rings (SSSR count). The maximum absolute atomic E-state index is 13.8. The Bertz CT molecular complexity index is 945. The summed E-state index contributed by atoms with van der Waals surface area (Å²) in [5.41, 5.74) is 5.70. The second-order valence-electron chi connectivity index (χ2n) is 14.2. The molecule has 4 saturated carbocycles. The van der Waals surface area contributed by atoms with Crippen LogP contribution in [0.2, 0.25) is 0 Å². The first kappa shape index (κ1) is 31.1. The largest absolute Gasteiger partial charge is 0.481 e. The van der Waals surface area contributed by atoms with E-state index in [1.165, 1.54) is 6.42 Å². The van der Waals surface area contributed by atoms with Crippen LogP contribution in [0.25, 0.3) is 0 Å². The molecule has 0 aromatic rings. The summed E-state index contributed by atoms with van der Waals surface area (Å²) < 4.78 is 13.3. The molecule has 4 aliphatic carbocycles. The van der Waals surface area contributed by atoms with Crippen molar-refractivity contribution in [1.82, 2.24) is 16.0 Å². The topological polar surface area (TPSA) is 127 Å². The molecule has 8 atom stereocenters. The van der Waals surface area contributed by atoms with Gasteiger partial charge in [0.25, 0.3) is 0 Å². The van der Waals surface area contributed by atoms with Gasteiger partial charge in [-0.05, 0) is 81.0 Å². The molecule has 40 heavy (non-hydrogen) atoms. The highest BCUT2D eigenvalue weighted by molar-refractivity contribution is 6.48. The number of rotatable bonds is 11. The van der Waals surface area contributed by atoms with Crippen molar-refractivity contribution in [2.75, 3.05) is 13.6 Å². The van der Waals surface area contributed by atoms with Crippen LogP contribution in [0.4, 0.5) is 0 Å². The first-order chi connectivity index (χ1) is 18.9. The fourth-order valence-corrected chi connectivity index (χ4v) is 7.96. The number of guanidine groups is 1. The number of nitrogens with two attached hydrogens (primary N) is 1. The zero-order valence-corrected chi connectivity index (χ0v) is 25.9. The minimum Gasteiger partial charge on any atom is -0.404 e. The minimum atomic E-state index is -0.635. The van der Waals surface area contributed by atoms with Crippen molar-refractivity contribution in [1.29, 1.82) is 0 Å². The molecule has 1 heterocycles. The van der Waals surface area contributed by atoms with Gasteiger partial charge in [-0.2, -0.15) is 0 Å². The van der Waals surface area contributed by atoms with Gasteiger partial charge >= 0.3 is 7.12 Å². The zero-order chi connectivity index (χ0) is 29.2. The quantitative estimate of drug-likeness (QED) is 0.133. The number of nitrogens with zero attached hydrogens (tertiary/aromatic N) is 1. The highest BCUT2D eigenvalue weighted by atomic mass is 16.7. The summed E-state index contributed by atoms with van der Waals surface area (Å²) in [7, 11) is 1.14. The van der Waals surface area contributed by atoms with E-state index >= 15 is 0 Å². The van der Waals surface area contributed by atoms with E-state index in [2.05, 4.69) is 62.5 Å². The van der Waals surface area contributed by atoms with E-state index < -0.39 is 13.2 Å². The minimum absolute atomic E-state index is 0.00995. The first-order valence-corrected chi connectivity index (χ1v) is 15.8. The van der Waals surface area contributed by atoms with Crippen LogP contribution in [0, 0.1) is 35.0 Å². The number of hydrogen-bond donors (Lipinski definition) is 4. The molecule has 2 bridgehead atoms. The summed E-state index contributed by atoms with van der Waals surface area (Å²) in [6, 6.07) is -0.635. The van der Waals surface area contributed by atoms with Gasteiger partial charge in [0.2, 0.25) is 11.8 Å². The monoisotopic (exact) mass is 559 g/mol. The van der Waals surface area contributed by atoms with Crippen molar-refractivity contribution in [2.24, 2.45) is 45.7 Å². The van der Waals surface area contributed by atoms with Gasteiger partial charge in [0, 0.05) is 19.5 Å². The van der Waals surface area contributed by atoms with E-state index in [9.17, 15) is 9.59 Å². The van der Waals surface area contributed by atoms with Crippen LogP contribution in [0.1, 0.15) is 99.3 Å². The highest BCUT2D eigenvalue weighted by Gasteiger charge is 2.68. The van der Waals surface area contributed by atoms with Crippen molar-refractivity contribution < 1.29 is 18.9 Å². The predicted octanol–water partition coefficient (Wildman–Crippen LogP) is 3.41. The Morgan fingerprint density at radius 2 is 1.85 bits per heavy atom. The highest BCUT2D eigenvalue weighted by Crippen LogP contribution is 2.65. The van der Waals surface area contributed by atoms with E-state index in [0.717, 1.165) is 38.5 Å². The Morgan fingerprint density at radius 1 is 1.12 bits per heavy atom. The van der Waals surface area contributed by atoms with Crippen LogP contribution < -0.4 is 21.7 Å². The average Bonchev–Trinajstić information content (AvgIpc) is 3.26. The van der Waals surface area contributed by atoms with Gasteiger partial charge in [-0.3, -0.25) is 14.6 Å². The third kappa shape index (κ3) is 6.48. The van der Waals surface area contributed by atoms with Gasteiger partial charge in [-0.15, -0.1) is 0 Å². The Hall–Kier alpha value is -1.81. The maximum Gasteiger partial charge on any atom is 0.481 e. The Labute approximate surface area is 242 Å². The van der Waals surface area contributed by atoms with E-state index in [-0.39, 0.29) is 40.8 Å². The second kappa shape index (κ2) is 12.6. The van der Waals surface area contributed by atoms with Crippen LogP contribution in [-0.2, 0) is 18.9 Å². The third-order valence-corrected chi connectivity index (χ3v) is 10.6. The number of nitrogens with one attached hydrogen (secondary N) is 3. The van der Waals surface area contributed by atoms with Gasteiger partial charge < -0.3 is 31.0 Å². The molecule has 0 aromatic carbocycles. The van der Waals surface area contributed by atoms with Crippen LogP contribution in [0.5, 0.6) is 0 Å². The molecule has 9 nitrogen and oxygen atoms in total. The molecule has 5 fully saturated rings. The fourth-order valence-electron chi connectivity index (χ4n) is 7.96. The number of aliphatic imine (C=N–C) groups is 1. The van der Waals surface area contributed by atoms with Crippen LogP contribution in [-0.4, -0.2) is 62.2 Å². The van der Waals surface area contributed by atoms with E-state index in [1.807, 2.05) is 0 Å². The lowest BCUT2D eigenvalue weighted by atomic mass is 9.43. The lowest BCUT2D eigenvalue weighted by Crippen LogP contribution is -2.65. The number of hydrogen-bond acceptors (Lipinski definition) is 5. The third-order valence-electron chi connectivity index (χ3n) is 10.6. The molecule has 0 radical (unpaired) electrons. The maximum atomic E-state index is 13.8. The Kier molecular flexibility index (Phi) is 9.81. The molecular formula is C30H54BN5O4. The number of carbonyl (C=O) groups is 2. The molecule has 2 amide bonds. The molecular weight excluding hydrogens is 505 g/mol. The molecule has 5 aliphatic rings. The Balaban J connectivity index is 1.45. The summed E-state index contributed by atoms with van der Waals surface area (Å²) in [4.78, 5) is 31.1. The van der Waals surface area contributed by atoms with Crippen molar-refractivity contribution in [3.63, 3.8) is 0 Å². The summed E-state index contributed by atoms with van der Waals surface area (Å²) in [5.74, 6) is 1.65. The second-order valence-corrected chi connectivity index (χ2v) is 14.2. The van der Waals surface area contributed by atoms with Gasteiger partial charge in [-0.1, -0.05) is 47.5 Å². The van der Waals surface area contributed by atoms with E-state index in [1.54, 1.807) is 7.05 Å². The molecule has 0 aromatic heterocycles. The number of carbonyl (C=O) groups excluding carboxylic acids is 2. The van der Waals surface area contributed by atoms with Crippen molar-refractivity contribution in [3.8, 4) is 0 Å². The summed E-state index contributed by atoms with van der Waals surface area (Å²) in [5, 5.41) is 9.46. The molecule has 5 N–H and O–H groups in total. The standard InChI is InChI=1S/C30H54BN5O4/c1-18(2)15-25(31-39-24-17-20-16-23(29(20,4)5)30(24,6)40-31)36-27(38)22(13-10-14-34-28(32)33-7)35-26(37)21-12-9-8-11-19(21)3/h18-25H,8-17H2,1-7H3,(H,35,37)(H,36,38)(H3,32,33,34)/t19?,20-,21?,22-,23-,24+,25-,30-/m0/s1. The summed E-state index contributed by atoms with van der Waals surface area (Å²) in [6.45, 7) is 13.9. The average molecular weight is 560 g/mol. The molecule has 1 aliphatic heterocycles. The van der Waals surface area contributed by atoms with Crippen LogP contribution >= 0.6 is 0 Å². The molecule has 226 valence electrons. The molecule has 2 unspecified atom stereocenters. The SMILES string of the molecule is CN=C(N)NCCC[C@H](NC(=O)C1CCCCC1C)C(=O)N[C@@H](CC(C)C)B1O[C@@H]2C[C@@H]3C[C@@H](C3(C)C)[C@]2(C)O1. The van der Waals surface area contributed by atoms with Gasteiger partial charge in [0.1, 0.15) is 6.04 Å². The number of amides is 2. The lowest BCUT2D eigenvalue weighted by molar-refractivity contribution is -0.199. The van der Waals surface area contributed by atoms with Crippen molar-refractivity contribution in [3.05, 3.63) is 0 Å². The first-order valence-electron chi connectivity index (χ1n) is 15.8. The van der Waals surface area contributed by atoms with Crippen molar-refractivity contribution in [2.45, 2.75) is 123 Å². The predicted molar refractivity (Wildman–Crippen MR) is 159 cm³/mol. The fraction of sp³-hybridized carbons (Fsp3) is 0.900. The normalized spacial score (nSPS) is 34.5. The molecule has 0 spiro atoms. The molecule has 1 saturated heterocycles. The molecule has 10 heteroatoms. The van der Waals surface area contributed by atoms with Gasteiger partial charge in [0.05, 0.1) is 17.6 Å². The zero-order valence-electron chi connectivity index (χ0n) is 25.9. The van der Waals surface area contributed by atoms with E-state index in [0.29, 0.717) is 49.0 Å². The summed E-state index contributed by atoms with van der Waals surface area (Å²) in [6.07, 6.45) is 8.32. The van der Waals surface area contributed by atoms with Crippen molar-refractivity contribution >= 4 is 24.9 Å². The Morgan fingerprint density at radius 3 is 2.50 bits per heavy atom.